The van der Waals surface area contributed by atoms with Gasteiger partial charge in [0.25, 0.3) is 5.91 Å². The van der Waals surface area contributed by atoms with Gasteiger partial charge in [-0.3, -0.25) is 9.59 Å². The Balaban J connectivity index is 1.41. The molecule has 1 heterocycles. The van der Waals surface area contributed by atoms with Gasteiger partial charge in [-0.05, 0) is 55.8 Å². The Morgan fingerprint density at radius 3 is 2.33 bits per heavy atom. The first-order valence-corrected chi connectivity index (χ1v) is 10.2. The number of amides is 2. The second-order valence-corrected chi connectivity index (χ2v) is 7.44. The number of carbonyl (C=O) groups excluding carboxylic acids is 2. The Morgan fingerprint density at radius 1 is 1.03 bits per heavy atom. The van der Waals surface area contributed by atoms with Crippen molar-refractivity contribution in [2.45, 2.75) is 26.5 Å². The van der Waals surface area contributed by atoms with Gasteiger partial charge in [-0.25, -0.2) is 0 Å². The topological polar surface area (TPSA) is 79.9 Å². The van der Waals surface area contributed by atoms with Crippen LogP contribution in [0.5, 0.6) is 5.75 Å². The molecule has 2 aromatic rings. The maximum Gasteiger partial charge on any atom is 0.254 e. The minimum atomic E-state index is -0.137. The molecule has 1 aliphatic heterocycles. The van der Waals surface area contributed by atoms with Gasteiger partial charge in [0.15, 0.2) is 0 Å². The van der Waals surface area contributed by atoms with Crippen molar-refractivity contribution in [3.05, 3.63) is 59.7 Å². The van der Waals surface area contributed by atoms with Gasteiger partial charge in [0.2, 0.25) is 5.91 Å². The van der Waals surface area contributed by atoms with Gasteiger partial charge in [0.1, 0.15) is 5.75 Å². The van der Waals surface area contributed by atoms with Gasteiger partial charge < -0.3 is 25.0 Å². The molecular formula is C23H29N3O4. The van der Waals surface area contributed by atoms with E-state index in [-0.39, 0.29) is 24.5 Å². The number of hydrogen-bond acceptors (Lipinski definition) is 5. The van der Waals surface area contributed by atoms with E-state index in [1.165, 1.54) is 0 Å². The van der Waals surface area contributed by atoms with Gasteiger partial charge in [0, 0.05) is 30.9 Å². The van der Waals surface area contributed by atoms with Crippen molar-refractivity contribution in [3.63, 3.8) is 0 Å². The highest BCUT2D eigenvalue weighted by Gasteiger charge is 2.18. The molecule has 0 atom stereocenters. The summed E-state index contributed by atoms with van der Waals surface area (Å²) < 4.78 is 10.9. The van der Waals surface area contributed by atoms with Crippen LogP contribution >= 0.6 is 0 Å². The van der Waals surface area contributed by atoms with E-state index < -0.39 is 0 Å². The Bertz CT molecular complexity index is 829. The summed E-state index contributed by atoms with van der Waals surface area (Å²) in [4.78, 5) is 26.4. The van der Waals surface area contributed by atoms with E-state index in [9.17, 15) is 9.59 Å². The summed E-state index contributed by atoms with van der Waals surface area (Å²) in [6, 6.07) is 14.8. The van der Waals surface area contributed by atoms with Crippen LogP contribution in [-0.2, 0) is 16.1 Å². The van der Waals surface area contributed by atoms with Crippen molar-refractivity contribution in [1.29, 1.82) is 0 Å². The van der Waals surface area contributed by atoms with Gasteiger partial charge in [-0.15, -0.1) is 0 Å². The highest BCUT2D eigenvalue weighted by Crippen LogP contribution is 2.14. The van der Waals surface area contributed by atoms with Crippen LogP contribution in [0.4, 0.5) is 5.69 Å². The van der Waals surface area contributed by atoms with E-state index in [2.05, 4.69) is 10.6 Å². The summed E-state index contributed by atoms with van der Waals surface area (Å²) in [6.45, 7) is 7.12. The maximum absolute atomic E-state index is 12.4. The standard InChI is InChI=1S/C23H29N3O4/c1-17(2)30-21-9-3-18(4-10-21)15-24-16-22(27)25-20-7-5-19(6-8-20)23(28)26-11-13-29-14-12-26/h3-10,17,24H,11-16H2,1-2H3,(H,25,27). The zero-order valence-corrected chi connectivity index (χ0v) is 17.5. The number of hydrogen-bond donors (Lipinski definition) is 2. The molecule has 0 radical (unpaired) electrons. The molecular weight excluding hydrogens is 382 g/mol. The van der Waals surface area contributed by atoms with Crippen molar-refractivity contribution in [3.8, 4) is 5.75 Å². The van der Waals surface area contributed by atoms with Gasteiger partial charge >= 0.3 is 0 Å². The van der Waals surface area contributed by atoms with E-state index in [4.69, 9.17) is 9.47 Å². The highest BCUT2D eigenvalue weighted by atomic mass is 16.5. The van der Waals surface area contributed by atoms with Crippen molar-refractivity contribution < 1.29 is 19.1 Å². The molecule has 30 heavy (non-hydrogen) atoms. The first-order valence-electron chi connectivity index (χ1n) is 10.2. The summed E-state index contributed by atoms with van der Waals surface area (Å²) in [5, 5.41) is 5.97. The third-order valence-electron chi connectivity index (χ3n) is 4.62. The molecule has 0 bridgehead atoms. The summed E-state index contributed by atoms with van der Waals surface area (Å²) in [7, 11) is 0. The minimum Gasteiger partial charge on any atom is -0.491 e. The Morgan fingerprint density at radius 2 is 1.70 bits per heavy atom. The number of carbonyl (C=O) groups is 2. The highest BCUT2D eigenvalue weighted by molar-refractivity contribution is 5.96. The molecule has 0 spiro atoms. The van der Waals surface area contributed by atoms with Crippen LogP contribution in [0, 0.1) is 0 Å². The molecule has 0 unspecified atom stereocenters. The number of anilines is 1. The van der Waals surface area contributed by atoms with E-state index in [0.717, 1.165) is 11.3 Å². The lowest BCUT2D eigenvalue weighted by atomic mass is 10.1. The van der Waals surface area contributed by atoms with E-state index >= 15 is 0 Å². The van der Waals surface area contributed by atoms with Crippen molar-refractivity contribution in [2.24, 2.45) is 0 Å². The zero-order chi connectivity index (χ0) is 21.3. The second-order valence-electron chi connectivity index (χ2n) is 7.44. The lowest BCUT2D eigenvalue weighted by molar-refractivity contribution is -0.115. The fraction of sp³-hybridized carbons (Fsp3) is 0.391. The van der Waals surface area contributed by atoms with E-state index in [1.807, 2.05) is 38.1 Å². The van der Waals surface area contributed by atoms with Crippen molar-refractivity contribution >= 4 is 17.5 Å². The monoisotopic (exact) mass is 411 g/mol. The van der Waals surface area contributed by atoms with Crippen molar-refractivity contribution in [1.82, 2.24) is 10.2 Å². The van der Waals surface area contributed by atoms with Crippen LogP contribution in [0.1, 0.15) is 29.8 Å². The molecule has 160 valence electrons. The second kappa shape index (κ2) is 10.8. The number of nitrogens with zero attached hydrogens (tertiary/aromatic N) is 1. The summed E-state index contributed by atoms with van der Waals surface area (Å²) in [5.41, 5.74) is 2.35. The molecule has 0 aliphatic carbocycles. The normalized spacial score (nSPS) is 13.9. The van der Waals surface area contributed by atoms with Gasteiger partial charge in [-0.1, -0.05) is 12.1 Å². The number of nitrogens with one attached hydrogen (secondary N) is 2. The molecule has 2 amide bonds. The molecule has 1 fully saturated rings. The molecule has 2 aromatic carbocycles. The summed E-state index contributed by atoms with van der Waals surface area (Å²) >= 11 is 0. The van der Waals surface area contributed by atoms with Crippen LogP contribution in [-0.4, -0.2) is 55.7 Å². The van der Waals surface area contributed by atoms with E-state index in [0.29, 0.717) is 44.1 Å². The Labute approximate surface area is 177 Å². The smallest absolute Gasteiger partial charge is 0.254 e. The van der Waals surface area contributed by atoms with Gasteiger partial charge in [-0.2, -0.15) is 0 Å². The minimum absolute atomic E-state index is 0.0114. The Hall–Kier alpha value is -2.90. The maximum atomic E-state index is 12.4. The third-order valence-corrected chi connectivity index (χ3v) is 4.62. The predicted octanol–water partition coefficient (Wildman–Crippen LogP) is 2.67. The SMILES string of the molecule is CC(C)Oc1ccc(CNCC(=O)Nc2ccc(C(=O)N3CCOCC3)cc2)cc1. The molecule has 7 nitrogen and oxygen atoms in total. The molecule has 7 heteroatoms. The van der Waals surface area contributed by atoms with Crippen LogP contribution < -0.4 is 15.4 Å². The largest absolute Gasteiger partial charge is 0.491 e. The molecule has 0 saturated carbocycles. The number of ether oxygens (including phenoxy) is 2. The average Bonchev–Trinajstić information content (AvgIpc) is 2.75. The molecule has 1 aliphatic rings. The lowest BCUT2D eigenvalue weighted by Gasteiger charge is -2.26. The zero-order valence-electron chi connectivity index (χ0n) is 17.5. The molecule has 3 rings (SSSR count). The molecule has 0 aromatic heterocycles. The van der Waals surface area contributed by atoms with Crippen LogP contribution in [0.25, 0.3) is 0 Å². The van der Waals surface area contributed by atoms with Crippen LogP contribution in [0.15, 0.2) is 48.5 Å². The molecule has 1 saturated heterocycles. The Kier molecular flexibility index (Phi) is 7.82. The fourth-order valence-corrected chi connectivity index (χ4v) is 3.13. The van der Waals surface area contributed by atoms with Crippen molar-refractivity contribution in [2.75, 3.05) is 38.2 Å². The van der Waals surface area contributed by atoms with Gasteiger partial charge in [0.05, 0.1) is 25.9 Å². The molecule has 2 N–H and O–H groups in total. The third kappa shape index (κ3) is 6.57. The lowest BCUT2D eigenvalue weighted by Crippen LogP contribution is -2.40. The average molecular weight is 412 g/mol. The number of benzene rings is 2. The van der Waals surface area contributed by atoms with Crippen LogP contribution in [0.2, 0.25) is 0 Å². The first kappa shape index (κ1) is 21.8. The van der Waals surface area contributed by atoms with E-state index in [1.54, 1.807) is 29.2 Å². The first-order chi connectivity index (χ1) is 14.5. The number of morpholine rings is 1. The summed E-state index contributed by atoms with van der Waals surface area (Å²) in [5.74, 6) is 0.687. The van der Waals surface area contributed by atoms with Crippen LogP contribution in [0.3, 0.4) is 0 Å². The fourth-order valence-electron chi connectivity index (χ4n) is 3.13. The number of rotatable bonds is 8. The quantitative estimate of drug-likeness (QED) is 0.698. The summed E-state index contributed by atoms with van der Waals surface area (Å²) in [6.07, 6.45) is 0.143. The predicted molar refractivity (Wildman–Crippen MR) is 116 cm³/mol.